The van der Waals surface area contributed by atoms with Gasteiger partial charge in [-0.15, -0.1) is 11.3 Å². The summed E-state index contributed by atoms with van der Waals surface area (Å²) in [7, 11) is 2.16. The maximum Gasteiger partial charge on any atom is 0.273 e. The van der Waals surface area contributed by atoms with Crippen LogP contribution in [0.5, 0.6) is 0 Å². The van der Waals surface area contributed by atoms with Gasteiger partial charge >= 0.3 is 0 Å². The van der Waals surface area contributed by atoms with Crippen LogP contribution in [-0.4, -0.2) is 46.9 Å². The van der Waals surface area contributed by atoms with Gasteiger partial charge in [0.2, 0.25) is 0 Å². The minimum Gasteiger partial charge on any atom is -0.336 e. The van der Waals surface area contributed by atoms with Crippen LogP contribution in [-0.2, 0) is 6.54 Å². The van der Waals surface area contributed by atoms with E-state index in [9.17, 15) is 4.79 Å². The lowest BCUT2D eigenvalue weighted by molar-refractivity contribution is 0.0597. The van der Waals surface area contributed by atoms with Crippen molar-refractivity contribution < 1.29 is 4.79 Å². The molecule has 5 heteroatoms. The van der Waals surface area contributed by atoms with Crippen molar-refractivity contribution in [1.82, 2.24) is 14.8 Å². The number of thiazole rings is 1. The van der Waals surface area contributed by atoms with Crippen molar-refractivity contribution in [1.29, 1.82) is 0 Å². The fourth-order valence-corrected chi connectivity index (χ4v) is 4.12. The molecule has 1 fully saturated rings. The van der Waals surface area contributed by atoms with E-state index in [1.54, 1.807) is 11.3 Å². The highest BCUT2D eigenvalue weighted by molar-refractivity contribution is 7.09. The van der Waals surface area contributed by atoms with Crippen LogP contribution < -0.4 is 0 Å². The molecule has 1 aliphatic rings. The smallest absolute Gasteiger partial charge is 0.273 e. The second kappa shape index (κ2) is 8.11. The van der Waals surface area contributed by atoms with E-state index in [1.165, 1.54) is 5.56 Å². The summed E-state index contributed by atoms with van der Waals surface area (Å²) in [6.45, 7) is 6.77. The van der Waals surface area contributed by atoms with Crippen LogP contribution in [0.2, 0.25) is 0 Å². The number of carbonyl (C=O) groups is 1. The van der Waals surface area contributed by atoms with E-state index in [0.29, 0.717) is 17.7 Å². The Hall–Kier alpha value is -1.72. The molecule has 0 aliphatic carbocycles. The lowest BCUT2D eigenvalue weighted by Crippen LogP contribution is -2.48. The standard InChI is InChI=1S/C20H27N3OS/c1-15(2)19-21-18(14-25-19)20(24)23-11-7-10-17(13-23)22(3)12-16-8-5-4-6-9-16/h4-6,8-9,14-15,17H,7,10-13H2,1-3H3. The zero-order valence-corrected chi connectivity index (χ0v) is 16.1. The molecule has 2 heterocycles. The monoisotopic (exact) mass is 357 g/mol. The molecular formula is C20H27N3OS. The molecule has 0 saturated carbocycles. The van der Waals surface area contributed by atoms with Crippen molar-refractivity contribution in [3.8, 4) is 0 Å². The molecule has 1 saturated heterocycles. The zero-order valence-electron chi connectivity index (χ0n) is 15.3. The Morgan fingerprint density at radius 3 is 2.80 bits per heavy atom. The molecule has 3 rings (SSSR count). The summed E-state index contributed by atoms with van der Waals surface area (Å²) >= 11 is 1.59. The van der Waals surface area contributed by atoms with Crippen molar-refractivity contribution in [2.24, 2.45) is 0 Å². The largest absolute Gasteiger partial charge is 0.336 e. The van der Waals surface area contributed by atoms with Crippen LogP contribution >= 0.6 is 11.3 Å². The summed E-state index contributed by atoms with van der Waals surface area (Å²) in [6, 6.07) is 10.9. The highest BCUT2D eigenvalue weighted by atomic mass is 32.1. The van der Waals surface area contributed by atoms with Gasteiger partial charge in [-0.3, -0.25) is 9.69 Å². The minimum absolute atomic E-state index is 0.0842. The third kappa shape index (κ3) is 4.47. The average Bonchev–Trinajstić information content (AvgIpc) is 3.12. The highest BCUT2D eigenvalue weighted by Crippen LogP contribution is 2.22. The molecule has 2 aromatic rings. The van der Waals surface area contributed by atoms with Crippen molar-refractivity contribution in [3.63, 3.8) is 0 Å². The summed E-state index contributed by atoms with van der Waals surface area (Å²) in [5.41, 5.74) is 1.93. The van der Waals surface area contributed by atoms with E-state index in [2.05, 4.69) is 55.0 Å². The molecule has 4 nitrogen and oxygen atoms in total. The predicted molar refractivity (Wildman–Crippen MR) is 103 cm³/mol. The quantitative estimate of drug-likeness (QED) is 0.811. The first-order valence-corrected chi connectivity index (χ1v) is 9.91. The number of aromatic nitrogens is 1. The number of likely N-dealkylation sites (tertiary alicyclic amines) is 1. The van der Waals surface area contributed by atoms with Crippen molar-refractivity contribution in [2.75, 3.05) is 20.1 Å². The molecule has 1 aromatic heterocycles. The Morgan fingerprint density at radius 1 is 1.36 bits per heavy atom. The molecule has 25 heavy (non-hydrogen) atoms. The van der Waals surface area contributed by atoms with Crippen LogP contribution in [0.4, 0.5) is 0 Å². The topological polar surface area (TPSA) is 36.4 Å². The molecule has 134 valence electrons. The van der Waals surface area contributed by atoms with E-state index in [0.717, 1.165) is 37.5 Å². The SMILES string of the molecule is CC(C)c1nc(C(=O)N2CCCC(N(C)Cc3ccccc3)C2)cs1. The molecule has 1 aliphatic heterocycles. The van der Waals surface area contributed by atoms with Crippen LogP contribution in [0.15, 0.2) is 35.7 Å². The van der Waals surface area contributed by atoms with Crippen LogP contribution in [0, 0.1) is 0 Å². The number of hydrogen-bond donors (Lipinski definition) is 0. The number of benzene rings is 1. The van der Waals surface area contributed by atoms with Crippen LogP contribution in [0.3, 0.4) is 0 Å². The van der Waals surface area contributed by atoms with E-state index >= 15 is 0 Å². The van der Waals surface area contributed by atoms with Gasteiger partial charge in [0.25, 0.3) is 5.91 Å². The zero-order chi connectivity index (χ0) is 17.8. The van der Waals surface area contributed by atoms with Gasteiger partial charge in [-0.2, -0.15) is 0 Å². The summed E-state index contributed by atoms with van der Waals surface area (Å²) in [4.78, 5) is 21.7. The molecule has 0 N–H and O–H groups in total. The average molecular weight is 358 g/mol. The molecule has 1 aromatic carbocycles. The summed E-state index contributed by atoms with van der Waals surface area (Å²) < 4.78 is 0. The van der Waals surface area contributed by atoms with E-state index in [1.807, 2.05) is 16.3 Å². The van der Waals surface area contributed by atoms with Gasteiger partial charge in [-0.05, 0) is 25.5 Å². The van der Waals surface area contributed by atoms with Crippen molar-refractivity contribution in [2.45, 2.75) is 45.2 Å². The third-order valence-electron chi connectivity index (χ3n) is 4.82. The summed E-state index contributed by atoms with van der Waals surface area (Å²) in [5.74, 6) is 0.457. The molecule has 0 spiro atoms. The van der Waals surface area contributed by atoms with Crippen molar-refractivity contribution in [3.05, 3.63) is 52.0 Å². The van der Waals surface area contributed by atoms with Gasteiger partial charge in [0, 0.05) is 37.0 Å². The summed E-state index contributed by atoms with van der Waals surface area (Å²) in [5, 5.41) is 2.95. The Kier molecular flexibility index (Phi) is 5.86. The second-order valence-corrected chi connectivity index (χ2v) is 8.06. The first kappa shape index (κ1) is 18.1. The van der Waals surface area contributed by atoms with E-state index in [-0.39, 0.29) is 5.91 Å². The number of carbonyl (C=O) groups excluding carboxylic acids is 1. The Bertz CT molecular complexity index is 698. The Labute approximate surface area is 154 Å². The maximum atomic E-state index is 12.8. The molecule has 1 atom stereocenters. The molecule has 1 amide bonds. The number of likely N-dealkylation sites (N-methyl/N-ethyl adjacent to an activating group) is 1. The fourth-order valence-electron chi connectivity index (χ4n) is 3.31. The van der Waals surface area contributed by atoms with Gasteiger partial charge in [-0.25, -0.2) is 4.98 Å². The Balaban J connectivity index is 1.62. The maximum absolute atomic E-state index is 12.8. The van der Waals surface area contributed by atoms with Crippen LogP contribution in [0.1, 0.15) is 53.7 Å². The van der Waals surface area contributed by atoms with E-state index in [4.69, 9.17) is 0 Å². The highest BCUT2D eigenvalue weighted by Gasteiger charge is 2.28. The minimum atomic E-state index is 0.0842. The van der Waals surface area contributed by atoms with E-state index < -0.39 is 0 Å². The lowest BCUT2D eigenvalue weighted by Gasteiger charge is -2.37. The second-order valence-electron chi connectivity index (χ2n) is 7.17. The first-order valence-electron chi connectivity index (χ1n) is 9.03. The normalized spacial score (nSPS) is 18.1. The van der Waals surface area contributed by atoms with Gasteiger partial charge in [0.1, 0.15) is 5.69 Å². The summed E-state index contributed by atoms with van der Waals surface area (Å²) in [6.07, 6.45) is 2.19. The number of hydrogen-bond acceptors (Lipinski definition) is 4. The number of nitrogens with zero attached hydrogens (tertiary/aromatic N) is 3. The first-order chi connectivity index (χ1) is 12.0. The van der Waals surface area contributed by atoms with Gasteiger partial charge in [0.05, 0.1) is 5.01 Å². The Morgan fingerprint density at radius 2 is 2.12 bits per heavy atom. The lowest BCUT2D eigenvalue weighted by atomic mass is 10.0. The third-order valence-corrected chi connectivity index (χ3v) is 5.96. The number of amides is 1. The number of piperidine rings is 1. The van der Waals surface area contributed by atoms with Gasteiger partial charge in [0.15, 0.2) is 0 Å². The van der Waals surface area contributed by atoms with Gasteiger partial charge in [-0.1, -0.05) is 44.2 Å². The van der Waals surface area contributed by atoms with Crippen molar-refractivity contribution >= 4 is 17.2 Å². The molecule has 0 bridgehead atoms. The van der Waals surface area contributed by atoms with Gasteiger partial charge < -0.3 is 4.90 Å². The number of rotatable bonds is 5. The molecule has 1 unspecified atom stereocenters. The fraction of sp³-hybridized carbons (Fsp3) is 0.500. The molecule has 0 radical (unpaired) electrons. The van der Waals surface area contributed by atoms with Crippen LogP contribution in [0.25, 0.3) is 0 Å². The molecular weight excluding hydrogens is 330 g/mol. The predicted octanol–water partition coefficient (Wildman–Crippen LogP) is 4.00.